The molecule has 0 aliphatic heterocycles. The highest BCUT2D eigenvalue weighted by Crippen LogP contribution is 2.38. The molecule has 3 rings (SSSR count). The average molecular weight is 286 g/mol. The zero-order valence-electron chi connectivity index (χ0n) is 12.3. The largest absolute Gasteiger partial charge is 0.348 e. The third kappa shape index (κ3) is 2.71. The SMILES string of the molecule is Cc1cc(C(=O)NCc2ccccc2F)c(C)n1C1CC1. The summed E-state index contributed by atoms with van der Waals surface area (Å²) in [6, 6.07) is 8.97. The standard InChI is InChI=1S/C17H19FN2O/c1-11-9-15(12(2)20(11)14-7-8-14)17(21)19-10-13-5-3-4-6-16(13)18/h3-6,9,14H,7-8,10H2,1-2H3,(H,19,21). The molecular weight excluding hydrogens is 267 g/mol. The first-order valence-corrected chi connectivity index (χ1v) is 7.28. The third-order valence-electron chi connectivity index (χ3n) is 4.04. The lowest BCUT2D eigenvalue weighted by atomic mass is 10.2. The van der Waals surface area contributed by atoms with Gasteiger partial charge < -0.3 is 9.88 Å². The summed E-state index contributed by atoms with van der Waals surface area (Å²) in [5.41, 5.74) is 3.31. The summed E-state index contributed by atoms with van der Waals surface area (Å²) in [6.07, 6.45) is 2.37. The van der Waals surface area contributed by atoms with Gasteiger partial charge >= 0.3 is 0 Å². The van der Waals surface area contributed by atoms with Gasteiger partial charge in [0, 0.05) is 29.5 Å². The molecule has 2 aromatic rings. The van der Waals surface area contributed by atoms with E-state index in [0.717, 1.165) is 11.4 Å². The maximum absolute atomic E-state index is 13.5. The Labute approximate surface area is 123 Å². The van der Waals surface area contributed by atoms with Gasteiger partial charge in [-0.25, -0.2) is 4.39 Å². The maximum Gasteiger partial charge on any atom is 0.253 e. The molecular formula is C17H19FN2O. The van der Waals surface area contributed by atoms with E-state index in [2.05, 4.69) is 9.88 Å². The molecule has 1 aliphatic carbocycles. The van der Waals surface area contributed by atoms with Crippen LogP contribution in [0.5, 0.6) is 0 Å². The molecule has 0 bridgehead atoms. The van der Waals surface area contributed by atoms with Crippen LogP contribution in [0.25, 0.3) is 0 Å². The Kier molecular flexibility index (Phi) is 3.53. The van der Waals surface area contributed by atoms with E-state index in [4.69, 9.17) is 0 Å². The minimum absolute atomic E-state index is 0.141. The second kappa shape index (κ2) is 5.35. The molecule has 1 aromatic heterocycles. The van der Waals surface area contributed by atoms with Crippen molar-refractivity contribution in [1.82, 2.24) is 9.88 Å². The van der Waals surface area contributed by atoms with E-state index in [9.17, 15) is 9.18 Å². The molecule has 1 fully saturated rings. The first-order chi connectivity index (χ1) is 10.1. The average Bonchev–Trinajstić information content (AvgIpc) is 3.24. The quantitative estimate of drug-likeness (QED) is 0.917. The number of benzene rings is 1. The van der Waals surface area contributed by atoms with Gasteiger partial charge in [0.15, 0.2) is 0 Å². The van der Waals surface area contributed by atoms with Crippen molar-refractivity contribution >= 4 is 5.91 Å². The van der Waals surface area contributed by atoms with Gasteiger partial charge in [0.05, 0.1) is 5.56 Å². The summed E-state index contributed by atoms with van der Waals surface area (Å²) in [5.74, 6) is -0.431. The fourth-order valence-corrected chi connectivity index (χ4v) is 2.81. The van der Waals surface area contributed by atoms with Crippen molar-refractivity contribution in [3.8, 4) is 0 Å². The first-order valence-electron chi connectivity index (χ1n) is 7.28. The highest BCUT2D eigenvalue weighted by Gasteiger charge is 2.28. The zero-order chi connectivity index (χ0) is 15.0. The summed E-state index contributed by atoms with van der Waals surface area (Å²) in [4.78, 5) is 12.3. The monoisotopic (exact) mass is 286 g/mol. The Morgan fingerprint density at radius 1 is 1.33 bits per heavy atom. The van der Waals surface area contributed by atoms with E-state index in [-0.39, 0.29) is 18.3 Å². The van der Waals surface area contributed by atoms with Crippen molar-refractivity contribution in [3.05, 3.63) is 58.7 Å². The Morgan fingerprint density at radius 3 is 2.71 bits per heavy atom. The molecule has 1 aromatic carbocycles. The van der Waals surface area contributed by atoms with E-state index < -0.39 is 0 Å². The summed E-state index contributed by atoms with van der Waals surface area (Å²) in [5, 5.41) is 2.80. The number of amides is 1. The van der Waals surface area contributed by atoms with Gasteiger partial charge in [-0.2, -0.15) is 0 Å². The zero-order valence-corrected chi connectivity index (χ0v) is 12.3. The number of halogens is 1. The third-order valence-corrected chi connectivity index (χ3v) is 4.04. The molecule has 0 radical (unpaired) electrons. The van der Waals surface area contributed by atoms with E-state index in [1.165, 1.54) is 18.9 Å². The second-order valence-corrected chi connectivity index (χ2v) is 5.66. The molecule has 0 spiro atoms. The van der Waals surface area contributed by atoms with Crippen LogP contribution in [0.2, 0.25) is 0 Å². The molecule has 1 heterocycles. The fourth-order valence-electron chi connectivity index (χ4n) is 2.81. The molecule has 21 heavy (non-hydrogen) atoms. The molecule has 1 aliphatic rings. The number of nitrogens with zero attached hydrogens (tertiary/aromatic N) is 1. The highest BCUT2D eigenvalue weighted by molar-refractivity contribution is 5.95. The lowest BCUT2D eigenvalue weighted by Crippen LogP contribution is -2.23. The number of carbonyl (C=O) groups is 1. The molecule has 0 atom stereocenters. The van der Waals surface area contributed by atoms with Crippen molar-refractivity contribution in [1.29, 1.82) is 0 Å². The molecule has 0 saturated heterocycles. The predicted octanol–water partition coefficient (Wildman–Crippen LogP) is 3.51. The molecule has 3 nitrogen and oxygen atoms in total. The molecule has 1 amide bonds. The van der Waals surface area contributed by atoms with Crippen LogP contribution in [-0.2, 0) is 6.54 Å². The summed E-state index contributed by atoms with van der Waals surface area (Å²) >= 11 is 0. The number of hydrogen-bond donors (Lipinski definition) is 1. The number of carbonyl (C=O) groups excluding carboxylic acids is 1. The summed E-state index contributed by atoms with van der Waals surface area (Å²) in [6.45, 7) is 4.21. The first kappa shape index (κ1) is 13.9. The molecule has 1 N–H and O–H groups in total. The number of hydrogen-bond acceptors (Lipinski definition) is 1. The highest BCUT2D eigenvalue weighted by atomic mass is 19.1. The number of aryl methyl sites for hydroxylation is 1. The minimum Gasteiger partial charge on any atom is -0.348 e. The maximum atomic E-state index is 13.5. The van der Waals surface area contributed by atoms with E-state index in [1.807, 2.05) is 19.9 Å². The van der Waals surface area contributed by atoms with Crippen LogP contribution in [0, 0.1) is 19.7 Å². The minimum atomic E-state index is -0.291. The van der Waals surface area contributed by atoms with Gasteiger partial charge in [-0.3, -0.25) is 4.79 Å². The van der Waals surface area contributed by atoms with Crippen molar-refractivity contribution in [2.75, 3.05) is 0 Å². The van der Waals surface area contributed by atoms with Crippen molar-refractivity contribution < 1.29 is 9.18 Å². The molecule has 4 heteroatoms. The number of aromatic nitrogens is 1. The van der Waals surface area contributed by atoms with E-state index >= 15 is 0 Å². The van der Waals surface area contributed by atoms with Crippen LogP contribution in [0.1, 0.15) is 46.2 Å². The van der Waals surface area contributed by atoms with Crippen LogP contribution in [0.15, 0.2) is 30.3 Å². The smallest absolute Gasteiger partial charge is 0.253 e. The van der Waals surface area contributed by atoms with Crippen LogP contribution >= 0.6 is 0 Å². The van der Waals surface area contributed by atoms with E-state index in [1.54, 1.807) is 18.2 Å². The van der Waals surface area contributed by atoms with Gasteiger partial charge in [0.1, 0.15) is 5.82 Å². The Morgan fingerprint density at radius 2 is 2.05 bits per heavy atom. The van der Waals surface area contributed by atoms with Crippen LogP contribution < -0.4 is 5.32 Å². The Balaban J connectivity index is 1.74. The molecule has 1 saturated carbocycles. The number of nitrogens with one attached hydrogen (secondary N) is 1. The molecule has 0 unspecified atom stereocenters. The Hall–Kier alpha value is -2.10. The normalized spacial score (nSPS) is 14.2. The van der Waals surface area contributed by atoms with Crippen LogP contribution in [0.3, 0.4) is 0 Å². The lowest BCUT2D eigenvalue weighted by Gasteiger charge is -2.08. The van der Waals surface area contributed by atoms with Gasteiger partial charge in [0.2, 0.25) is 0 Å². The topological polar surface area (TPSA) is 34.0 Å². The van der Waals surface area contributed by atoms with Crippen molar-refractivity contribution in [3.63, 3.8) is 0 Å². The Bertz CT molecular complexity index is 686. The van der Waals surface area contributed by atoms with Gasteiger partial charge in [-0.15, -0.1) is 0 Å². The van der Waals surface area contributed by atoms with Crippen molar-refractivity contribution in [2.24, 2.45) is 0 Å². The predicted molar refractivity (Wildman–Crippen MR) is 79.7 cm³/mol. The van der Waals surface area contributed by atoms with E-state index in [0.29, 0.717) is 17.2 Å². The number of rotatable bonds is 4. The van der Waals surface area contributed by atoms with Gasteiger partial charge in [-0.05, 0) is 38.8 Å². The van der Waals surface area contributed by atoms with Gasteiger partial charge in [-0.1, -0.05) is 18.2 Å². The van der Waals surface area contributed by atoms with Crippen LogP contribution in [0.4, 0.5) is 4.39 Å². The van der Waals surface area contributed by atoms with Crippen molar-refractivity contribution in [2.45, 2.75) is 39.3 Å². The lowest BCUT2D eigenvalue weighted by molar-refractivity contribution is 0.0950. The summed E-state index contributed by atoms with van der Waals surface area (Å²) < 4.78 is 15.8. The van der Waals surface area contributed by atoms with Crippen LogP contribution in [-0.4, -0.2) is 10.5 Å². The molecule has 110 valence electrons. The summed E-state index contributed by atoms with van der Waals surface area (Å²) in [7, 11) is 0. The second-order valence-electron chi connectivity index (χ2n) is 5.66. The van der Waals surface area contributed by atoms with Gasteiger partial charge in [0.25, 0.3) is 5.91 Å². The fraction of sp³-hybridized carbons (Fsp3) is 0.353.